The molecule has 2 aromatic rings. The Morgan fingerprint density at radius 1 is 0.905 bits per heavy atom. The first-order chi connectivity index (χ1) is 9.97. The molecule has 0 aliphatic rings. The zero-order valence-electron chi connectivity index (χ0n) is 12.7. The third kappa shape index (κ3) is 4.11. The van der Waals surface area contributed by atoms with Crippen molar-refractivity contribution in [1.29, 1.82) is 0 Å². The first-order valence-corrected chi connectivity index (χ1v) is 7.24. The third-order valence-electron chi connectivity index (χ3n) is 3.71. The molecule has 3 heteroatoms. The predicted molar refractivity (Wildman–Crippen MR) is 82.1 cm³/mol. The van der Waals surface area contributed by atoms with Crippen molar-refractivity contribution >= 4 is 0 Å². The summed E-state index contributed by atoms with van der Waals surface area (Å²) in [5, 5.41) is 3.23. The molecule has 0 amide bonds. The smallest absolute Gasteiger partial charge is 0.127 e. The lowest BCUT2D eigenvalue weighted by atomic mass is 9.99. The summed E-state index contributed by atoms with van der Waals surface area (Å²) < 4.78 is 26.7. The Balaban J connectivity index is 2.01. The first kappa shape index (κ1) is 15.6. The second-order valence-corrected chi connectivity index (χ2v) is 5.66. The molecule has 112 valence electrons. The van der Waals surface area contributed by atoms with Gasteiger partial charge in [0.2, 0.25) is 0 Å². The number of hydrogen-bond acceptors (Lipinski definition) is 1. The third-order valence-corrected chi connectivity index (χ3v) is 3.71. The van der Waals surface area contributed by atoms with Crippen molar-refractivity contribution in [2.75, 3.05) is 0 Å². The van der Waals surface area contributed by atoms with Crippen molar-refractivity contribution in [3.63, 3.8) is 0 Å². The van der Waals surface area contributed by atoms with Crippen LogP contribution in [0.5, 0.6) is 0 Å². The van der Waals surface area contributed by atoms with Crippen molar-refractivity contribution < 1.29 is 8.78 Å². The standard InChI is InChI=1S/C18H21F2N/c1-12(2)14-4-6-15(7-5-14)13(3)21-11-16-10-17(19)8-9-18(16)20/h4-10,12-13,21H,11H2,1-3H3. The molecule has 2 rings (SSSR count). The Hall–Kier alpha value is -1.74. The van der Waals surface area contributed by atoms with Gasteiger partial charge in [0.15, 0.2) is 0 Å². The first-order valence-electron chi connectivity index (χ1n) is 7.24. The molecule has 0 radical (unpaired) electrons. The van der Waals surface area contributed by atoms with E-state index >= 15 is 0 Å². The van der Waals surface area contributed by atoms with Gasteiger partial charge in [-0.1, -0.05) is 38.1 Å². The molecule has 1 nitrogen and oxygen atoms in total. The van der Waals surface area contributed by atoms with E-state index in [1.807, 2.05) is 6.92 Å². The van der Waals surface area contributed by atoms with Crippen LogP contribution >= 0.6 is 0 Å². The fourth-order valence-electron chi connectivity index (χ4n) is 2.23. The lowest BCUT2D eigenvalue weighted by molar-refractivity contribution is 0.535. The van der Waals surface area contributed by atoms with Gasteiger partial charge < -0.3 is 5.32 Å². The number of rotatable bonds is 5. The maximum Gasteiger partial charge on any atom is 0.127 e. The maximum atomic E-state index is 13.6. The maximum absolute atomic E-state index is 13.6. The fraction of sp³-hybridized carbons (Fsp3) is 0.333. The van der Waals surface area contributed by atoms with Crippen LogP contribution in [0.4, 0.5) is 8.78 Å². The largest absolute Gasteiger partial charge is 0.306 e. The second kappa shape index (κ2) is 6.81. The van der Waals surface area contributed by atoms with E-state index in [0.717, 1.165) is 17.7 Å². The molecule has 0 aliphatic carbocycles. The van der Waals surface area contributed by atoms with Gasteiger partial charge in [-0.2, -0.15) is 0 Å². The second-order valence-electron chi connectivity index (χ2n) is 5.66. The molecule has 0 bridgehead atoms. The van der Waals surface area contributed by atoms with Crippen LogP contribution in [0.2, 0.25) is 0 Å². The fourth-order valence-corrected chi connectivity index (χ4v) is 2.23. The van der Waals surface area contributed by atoms with Gasteiger partial charge in [-0.3, -0.25) is 0 Å². The van der Waals surface area contributed by atoms with E-state index in [-0.39, 0.29) is 11.9 Å². The van der Waals surface area contributed by atoms with E-state index in [0.29, 0.717) is 18.0 Å². The molecular formula is C18H21F2N. The SMILES string of the molecule is CC(C)c1ccc(C(C)NCc2cc(F)ccc2F)cc1. The lowest BCUT2D eigenvalue weighted by Gasteiger charge is -2.16. The van der Waals surface area contributed by atoms with E-state index < -0.39 is 5.82 Å². The van der Waals surface area contributed by atoms with Gasteiger partial charge in [0.25, 0.3) is 0 Å². The van der Waals surface area contributed by atoms with Crippen LogP contribution < -0.4 is 5.32 Å². The Bertz CT molecular complexity index is 591. The highest BCUT2D eigenvalue weighted by Crippen LogP contribution is 2.19. The Morgan fingerprint density at radius 3 is 2.14 bits per heavy atom. The predicted octanol–water partition coefficient (Wildman–Crippen LogP) is 4.94. The summed E-state index contributed by atoms with van der Waals surface area (Å²) in [4.78, 5) is 0. The van der Waals surface area contributed by atoms with Gasteiger partial charge in [-0.15, -0.1) is 0 Å². The molecule has 0 heterocycles. The van der Waals surface area contributed by atoms with Gasteiger partial charge in [0.05, 0.1) is 0 Å². The zero-order chi connectivity index (χ0) is 15.4. The molecular weight excluding hydrogens is 268 g/mol. The van der Waals surface area contributed by atoms with Crippen LogP contribution in [0.3, 0.4) is 0 Å². The summed E-state index contributed by atoms with van der Waals surface area (Å²) >= 11 is 0. The number of benzene rings is 2. The summed E-state index contributed by atoms with van der Waals surface area (Å²) in [6, 6.07) is 12.0. The minimum atomic E-state index is -0.415. The normalized spacial score (nSPS) is 12.7. The quantitative estimate of drug-likeness (QED) is 0.822. The molecule has 0 saturated carbocycles. The van der Waals surface area contributed by atoms with Gasteiger partial charge >= 0.3 is 0 Å². The molecule has 1 atom stereocenters. The number of hydrogen-bond donors (Lipinski definition) is 1. The van der Waals surface area contributed by atoms with Gasteiger partial charge in [-0.25, -0.2) is 8.78 Å². The van der Waals surface area contributed by atoms with Gasteiger partial charge in [0, 0.05) is 18.2 Å². The van der Waals surface area contributed by atoms with Crippen molar-refractivity contribution in [3.05, 3.63) is 70.8 Å². The molecule has 1 N–H and O–H groups in total. The molecule has 2 aromatic carbocycles. The Morgan fingerprint density at radius 2 is 1.52 bits per heavy atom. The molecule has 0 saturated heterocycles. The van der Waals surface area contributed by atoms with Gasteiger partial charge in [-0.05, 0) is 42.2 Å². The average molecular weight is 289 g/mol. The Kier molecular flexibility index (Phi) is 5.07. The summed E-state index contributed by atoms with van der Waals surface area (Å²) in [5.41, 5.74) is 2.78. The number of nitrogens with one attached hydrogen (secondary N) is 1. The van der Waals surface area contributed by atoms with Crippen molar-refractivity contribution in [1.82, 2.24) is 5.32 Å². The van der Waals surface area contributed by atoms with E-state index in [2.05, 4.69) is 43.4 Å². The zero-order valence-corrected chi connectivity index (χ0v) is 12.7. The minimum Gasteiger partial charge on any atom is -0.306 e. The van der Waals surface area contributed by atoms with Crippen molar-refractivity contribution in [3.8, 4) is 0 Å². The lowest BCUT2D eigenvalue weighted by Crippen LogP contribution is -2.19. The molecule has 0 spiro atoms. The summed E-state index contributed by atoms with van der Waals surface area (Å²) in [6.07, 6.45) is 0. The van der Waals surface area contributed by atoms with Crippen LogP contribution in [0.15, 0.2) is 42.5 Å². The van der Waals surface area contributed by atoms with Crippen LogP contribution in [-0.4, -0.2) is 0 Å². The highest BCUT2D eigenvalue weighted by Gasteiger charge is 2.08. The highest BCUT2D eigenvalue weighted by atomic mass is 19.1. The van der Waals surface area contributed by atoms with Crippen LogP contribution in [0.25, 0.3) is 0 Å². The summed E-state index contributed by atoms with van der Waals surface area (Å²) in [7, 11) is 0. The van der Waals surface area contributed by atoms with E-state index in [1.165, 1.54) is 11.6 Å². The molecule has 21 heavy (non-hydrogen) atoms. The van der Waals surface area contributed by atoms with Crippen LogP contribution in [0.1, 0.15) is 49.4 Å². The number of halogens is 2. The molecule has 0 aromatic heterocycles. The van der Waals surface area contributed by atoms with Crippen LogP contribution in [0, 0.1) is 11.6 Å². The molecule has 1 unspecified atom stereocenters. The van der Waals surface area contributed by atoms with Gasteiger partial charge in [0.1, 0.15) is 11.6 Å². The minimum absolute atomic E-state index is 0.0777. The van der Waals surface area contributed by atoms with E-state index in [4.69, 9.17) is 0 Å². The molecule has 0 fully saturated rings. The van der Waals surface area contributed by atoms with E-state index in [1.54, 1.807) is 0 Å². The van der Waals surface area contributed by atoms with Crippen molar-refractivity contribution in [2.24, 2.45) is 0 Å². The monoisotopic (exact) mass is 289 g/mol. The average Bonchev–Trinajstić information content (AvgIpc) is 2.48. The Labute approximate surface area is 125 Å². The molecule has 0 aliphatic heterocycles. The topological polar surface area (TPSA) is 12.0 Å². The van der Waals surface area contributed by atoms with Crippen molar-refractivity contribution in [2.45, 2.75) is 39.3 Å². The van der Waals surface area contributed by atoms with E-state index in [9.17, 15) is 8.78 Å². The highest BCUT2D eigenvalue weighted by molar-refractivity contribution is 5.27. The summed E-state index contributed by atoms with van der Waals surface area (Å²) in [5.74, 6) is -0.294. The summed E-state index contributed by atoms with van der Waals surface area (Å²) in [6.45, 7) is 6.63. The van der Waals surface area contributed by atoms with Crippen LogP contribution in [-0.2, 0) is 6.54 Å².